The minimum Gasteiger partial charge on any atom is -0.396 e. The Morgan fingerprint density at radius 1 is 1.24 bits per heavy atom. The van der Waals surface area contributed by atoms with Gasteiger partial charge < -0.3 is 10.8 Å². The normalized spacial score (nSPS) is 20.4. The zero-order chi connectivity index (χ0) is 12.3. The number of nitrogens with two attached hydrogens (primary N) is 1. The van der Waals surface area contributed by atoms with Crippen LogP contribution in [0.1, 0.15) is 42.7 Å². The largest absolute Gasteiger partial charge is 0.396 e. The molecule has 2 heteroatoms. The molecule has 0 amide bonds. The van der Waals surface area contributed by atoms with Crippen molar-refractivity contribution in [3.05, 3.63) is 35.4 Å². The molecule has 94 valence electrons. The Balaban J connectivity index is 2.28. The average Bonchev–Trinajstić information content (AvgIpc) is 2.82. The van der Waals surface area contributed by atoms with Crippen LogP contribution in [0, 0.1) is 12.3 Å². The summed E-state index contributed by atoms with van der Waals surface area (Å²) in [5, 5.41) is 9.78. The quantitative estimate of drug-likeness (QED) is 0.839. The third kappa shape index (κ3) is 2.38. The molecule has 1 aliphatic carbocycles. The van der Waals surface area contributed by atoms with E-state index < -0.39 is 0 Å². The molecule has 0 saturated heterocycles. The molecule has 2 rings (SSSR count). The molecule has 0 aliphatic heterocycles. The number of rotatable bonds is 4. The van der Waals surface area contributed by atoms with Gasteiger partial charge in [-0.05, 0) is 31.9 Å². The first-order valence-corrected chi connectivity index (χ1v) is 6.59. The molecule has 1 aliphatic rings. The fraction of sp³-hybridized carbons (Fsp3) is 0.600. The minimum atomic E-state index is 0.0318. The molecule has 1 aromatic rings. The van der Waals surface area contributed by atoms with E-state index >= 15 is 0 Å². The Hall–Kier alpha value is -0.860. The Morgan fingerprint density at radius 3 is 2.29 bits per heavy atom. The van der Waals surface area contributed by atoms with Gasteiger partial charge in [-0.2, -0.15) is 0 Å². The van der Waals surface area contributed by atoms with Crippen molar-refractivity contribution < 1.29 is 5.11 Å². The van der Waals surface area contributed by atoms with Crippen LogP contribution in [0.3, 0.4) is 0 Å². The van der Waals surface area contributed by atoms with Crippen molar-refractivity contribution in [2.75, 3.05) is 13.2 Å². The smallest absolute Gasteiger partial charge is 0.0493 e. The molecule has 1 unspecified atom stereocenters. The number of hydrogen-bond donors (Lipinski definition) is 2. The van der Waals surface area contributed by atoms with Gasteiger partial charge in [0.1, 0.15) is 0 Å². The topological polar surface area (TPSA) is 46.2 Å². The van der Waals surface area contributed by atoms with Crippen LogP contribution in [-0.4, -0.2) is 18.3 Å². The maximum atomic E-state index is 9.78. The van der Waals surface area contributed by atoms with Crippen molar-refractivity contribution in [3.8, 4) is 0 Å². The molecule has 1 aromatic carbocycles. The summed E-state index contributed by atoms with van der Waals surface area (Å²) in [6, 6.07) is 8.61. The van der Waals surface area contributed by atoms with Crippen LogP contribution >= 0.6 is 0 Å². The van der Waals surface area contributed by atoms with Crippen LogP contribution in [0.5, 0.6) is 0 Å². The highest BCUT2D eigenvalue weighted by atomic mass is 16.3. The molecule has 0 aromatic heterocycles. The van der Waals surface area contributed by atoms with Gasteiger partial charge in [-0.1, -0.05) is 42.7 Å². The van der Waals surface area contributed by atoms with Crippen LogP contribution in [0.4, 0.5) is 0 Å². The number of aryl methyl sites for hydroxylation is 1. The Bertz CT molecular complexity index is 352. The predicted molar refractivity (Wildman–Crippen MR) is 71.0 cm³/mol. The first-order chi connectivity index (χ1) is 8.22. The van der Waals surface area contributed by atoms with Crippen molar-refractivity contribution >= 4 is 0 Å². The average molecular weight is 233 g/mol. The molecule has 0 spiro atoms. The van der Waals surface area contributed by atoms with E-state index in [1.165, 1.54) is 24.0 Å². The van der Waals surface area contributed by atoms with E-state index in [-0.39, 0.29) is 12.0 Å². The molecular weight excluding hydrogens is 210 g/mol. The zero-order valence-electron chi connectivity index (χ0n) is 10.7. The molecule has 1 atom stereocenters. The van der Waals surface area contributed by atoms with Gasteiger partial charge in [0.25, 0.3) is 0 Å². The van der Waals surface area contributed by atoms with E-state index in [1.807, 2.05) is 0 Å². The number of aliphatic hydroxyl groups is 1. The van der Waals surface area contributed by atoms with E-state index in [0.717, 1.165) is 12.8 Å². The van der Waals surface area contributed by atoms with E-state index in [9.17, 15) is 5.11 Å². The number of hydrogen-bond acceptors (Lipinski definition) is 2. The van der Waals surface area contributed by atoms with Crippen LogP contribution in [0.25, 0.3) is 0 Å². The first-order valence-electron chi connectivity index (χ1n) is 6.59. The van der Waals surface area contributed by atoms with Gasteiger partial charge in [0, 0.05) is 17.9 Å². The summed E-state index contributed by atoms with van der Waals surface area (Å²) < 4.78 is 0. The lowest BCUT2D eigenvalue weighted by Crippen LogP contribution is -2.34. The molecule has 0 radical (unpaired) electrons. The monoisotopic (exact) mass is 233 g/mol. The Kier molecular flexibility index (Phi) is 3.85. The van der Waals surface area contributed by atoms with Gasteiger partial charge in [-0.25, -0.2) is 0 Å². The van der Waals surface area contributed by atoms with Crippen LogP contribution in [-0.2, 0) is 0 Å². The SMILES string of the molecule is Cc1ccc(C(CN)C2(CO)CCCC2)cc1. The van der Waals surface area contributed by atoms with Crippen LogP contribution < -0.4 is 5.73 Å². The summed E-state index contributed by atoms with van der Waals surface area (Å²) in [5.74, 6) is 0.301. The van der Waals surface area contributed by atoms with Gasteiger partial charge in [0.15, 0.2) is 0 Å². The maximum Gasteiger partial charge on any atom is 0.0493 e. The van der Waals surface area contributed by atoms with Crippen LogP contribution in [0.2, 0.25) is 0 Å². The summed E-state index contributed by atoms with van der Waals surface area (Å²) in [7, 11) is 0. The van der Waals surface area contributed by atoms with E-state index in [4.69, 9.17) is 5.73 Å². The van der Waals surface area contributed by atoms with Crippen molar-refractivity contribution in [1.29, 1.82) is 0 Å². The van der Waals surface area contributed by atoms with E-state index in [1.54, 1.807) is 0 Å². The lowest BCUT2D eigenvalue weighted by atomic mass is 9.71. The lowest BCUT2D eigenvalue weighted by molar-refractivity contribution is 0.103. The zero-order valence-corrected chi connectivity index (χ0v) is 10.7. The van der Waals surface area contributed by atoms with Crippen molar-refractivity contribution in [1.82, 2.24) is 0 Å². The van der Waals surface area contributed by atoms with Gasteiger partial charge >= 0.3 is 0 Å². The molecule has 0 heterocycles. The van der Waals surface area contributed by atoms with E-state index in [0.29, 0.717) is 12.5 Å². The Morgan fingerprint density at radius 2 is 1.82 bits per heavy atom. The van der Waals surface area contributed by atoms with E-state index in [2.05, 4.69) is 31.2 Å². The summed E-state index contributed by atoms with van der Waals surface area (Å²) in [6.45, 7) is 2.99. The number of aliphatic hydroxyl groups excluding tert-OH is 1. The molecule has 2 nitrogen and oxygen atoms in total. The second kappa shape index (κ2) is 5.19. The maximum absolute atomic E-state index is 9.78. The first kappa shape index (κ1) is 12.6. The van der Waals surface area contributed by atoms with Gasteiger partial charge in [0.05, 0.1) is 0 Å². The van der Waals surface area contributed by atoms with Crippen LogP contribution in [0.15, 0.2) is 24.3 Å². The lowest BCUT2D eigenvalue weighted by Gasteiger charge is -2.35. The highest BCUT2D eigenvalue weighted by Crippen LogP contribution is 2.48. The highest BCUT2D eigenvalue weighted by molar-refractivity contribution is 5.27. The highest BCUT2D eigenvalue weighted by Gasteiger charge is 2.40. The summed E-state index contributed by atoms with van der Waals surface area (Å²) >= 11 is 0. The molecular formula is C15H23NO. The summed E-state index contributed by atoms with van der Waals surface area (Å²) in [4.78, 5) is 0. The number of benzene rings is 1. The molecule has 17 heavy (non-hydrogen) atoms. The summed E-state index contributed by atoms with van der Waals surface area (Å²) in [5.41, 5.74) is 8.56. The minimum absolute atomic E-state index is 0.0318. The predicted octanol–water partition coefficient (Wildman–Crippen LogP) is 2.59. The van der Waals surface area contributed by atoms with Gasteiger partial charge in [-0.3, -0.25) is 0 Å². The van der Waals surface area contributed by atoms with Gasteiger partial charge in [-0.15, -0.1) is 0 Å². The van der Waals surface area contributed by atoms with Gasteiger partial charge in [0.2, 0.25) is 0 Å². The molecule has 1 fully saturated rings. The molecule has 0 bridgehead atoms. The fourth-order valence-corrected chi connectivity index (χ4v) is 3.23. The Labute approximate surface area is 104 Å². The standard InChI is InChI=1S/C15H23NO/c1-12-4-6-13(7-5-12)14(10-16)15(11-17)8-2-3-9-15/h4-7,14,17H,2-3,8-11,16H2,1H3. The van der Waals surface area contributed by atoms with Crippen molar-refractivity contribution in [3.63, 3.8) is 0 Å². The summed E-state index contributed by atoms with van der Waals surface area (Å²) in [6.07, 6.45) is 4.67. The fourth-order valence-electron chi connectivity index (χ4n) is 3.23. The molecule has 3 N–H and O–H groups in total. The second-order valence-electron chi connectivity index (χ2n) is 5.43. The van der Waals surface area contributed by atoms with Crippen molar-refractivity contribution in [2.24, 2.45) is 11.1 Å². The second-order valence-corrected chi connectivity index (χ2v) is 5.43. The molecule has 1 saturated carbocycles. The van der Waals surface area contributed by atoms with Crippen molar-refractivity contribution in [2.45, 2.75) is 38.5 Å². The third-order valence-electron chi connectivity index (χ3n) is 4.37. The third-order valence-corrected chi connectivity index (χ3v) is 4.37.